The summed E-state index contributed by atoms with van der Waals surface area (Å²) in [6, 6.07) is 0.492. The predicted octanol–water partition coefficient (Wildman–Crippen LogP) is 1.50. The second kappa shape index (κ2) is 8.21. The highest BCUT2D eigenvalue weighted by molar-refractivity contribution is 4.67. The molecule has 0 radical (unpaired) electrons. The molecule has 0 fully saturated rings. The van der Waals surface area contributed by atoms with E-state index in [2.05, 4.69) is 25.7 Å². The zero-order chi connectivity index (χ0) is 11.0. The Kier molecular flexibility index (Phi) is 8.14. The van der Waals surface area contributed by atoms with E-state index >= 15 is 0 Å². The number of rotatable bonds is 8. The van der Waals surface area contributed by atoms with Crippen molar-refractivity contribution >= 4 is 0 Å². The van der Waals surface area contributed by atoms with E-state index < -0.39 is 0 Å². The third-order valence-corrected chi connectivity index (χ3v) is 2.20. The third kappa shape index (κ3) is 6.35. The fraction of sp³-hybridized carbons (Fsp3) is 1.00. The molecule has 0 aliphatic carbocycles. The zero-order valence-corrected chi connectivity index (χ0v) is 9.99. The van der Waals surface area contributed by atoms with Gasteiger partial charge in [-0.15, -0.1) is 0 Å². The van der Waals surface area contributed by atoms with Gasteiger partial charge < -0.3 is 9.84 Å². The van der Waals surface area contributed by atoms with Crippen molar-refractivity contribution in [2.75, 3.05) is 26.3 Å². The van der Waals surface area contributed by atoms with Crippen molar-refractivity contribution in [3.05, 3.63) is 0 Å². The molecule has 0 aliphatic heterocycles. The Labute approximate surface area is 88.1 Å². The summed E-state index contributed by atoms with van der Waals surface area (Å²) in [5, 5.41) is 9.66. The summed E-state index contributed by atoms with van der Waals surface area (Å²) in [6.07, 6.45) is 0.767. The minimum absolute atomic E-state index is 0.358. The zero-order valence-electron chi connectivity index (χ0n) is 9.99. The van der Waals surface area contributed by atoms with Gasteiger partial charge >= 0.3 is 0 Å². The topological polar surface area (TPSA) is 32.7 Å². The molecule has 0 amide bonds. The first-order valence-electron chi connectivity index (χ1n) is 5.61. The van der Waals surface area contributed by atoms with Crippen LogP contribution in [0, 0.1) is 0 Å². The number of hydrogen-bond donors (Lipinski definition) is 1. The van der Waals surface area contributed by atoms with Gasteiger partial charge in [0.1, 0.15) is 0 Å². The lowest BCUT2D eigenvalue weighted by Crippen LogP contribution is -2.39. The van der Waals surface area contributed by atoms with Gasteiger partial charge in [-0.1, -0.05) is 6.92 Å². The molecular weight excluding hydrogens is 178 g/mol. The van der Waals surface area contributed by atoms with Crippen molar-refractivity contribution in [3.8, 4) is 0 Å². The Bertz CT molecular complexity index is 128. The first kappa shape index (κ1) is 13.9. The van der Waals surface area contributed by atoms with Crippen LogP contribution in [0.2, 0.25) is 0 Å². The molecule has 0 bridgehead atoms. The number of ether oxygens (including phenoxy) is 1. The fourth-order valence-corrected chi connectivity index (χ4v) is 1.42. The average Bonchev–Trinajstić information content (AvgIpc) is 2.14. The molecule has 0 spiro atoms. The van der Waals surface area contributed by atoms with Crippen LogP contribution in [0.1, 0.15) is 34.1 Å². The van der Waals surface area contributed by atoms with Gasteiger partial charge in [-0.2, -0.15) is 0 Å². The van der Waals surface area contributed by atoms with E-state index in [1.807, 2.05) is 6.92 Å². The Morgan fingerprint density at radius 3 is 2.36 bits per heavy atom. The molecule has 0 rings (SSSR count). The summed E-state index contributed by atoms with van der Waals surface area (Å²) in [5.74, 6) is 0. The minimum atomic E-state index is -0.358. The fourth-order valence-electron chi connectivity index (χ4n) is 1.42. The molecule has 0 saturated heterocycles. The highest BCUT2D eigenvalue weighted by atomic mass is 16.5. The first-order valence-corrected chi connectivity index (χ1v) is 5.61. The van der Waals surface area contributed by atoms with E-state index in [-0.39, 0.29) is 6.10 Å². The van der Waals surface area contributed by atoms with Crippen LogP contribution in [0.25, 0.3) is 0 Å². The van der Waals surface area contributed by atoms with E-state index in [1.54, 1.807) is 0 Å². The summed E-state index contributed by atoms with van der Waals surface area (Å²) < 4.78 is 5.18. The molecule has 3 heteroatoms. The van der Waals surface area contributed by atoms with Gasteiger partial charge in [-0.05, 0) is 33.7 Å². The Morgan fingerprint density at radius 2 is 1.93 bits per heavy atom. The van der Waals surface area contributed by atoms with E-state index in [1.165, 1.54) is 0 Å². The molecule has 0 heterocycles. The monoisotopic (exact) mass is 203 g/mol. The largest absolute Gasteiger partial charge is 0.389 e. The SMILES string of the molecule is CCCN(CC(O)COCC)C(C)C. The lowest BCUT2D eigenvalue weighted by Gasteiger charge is -2.28. The maximum absolute atomic E-state index is 9.66. The van der Waals surface area contributed by atoms with Crippen molar-refractivity contribution < 1.29 is 9.84 Å². The van der Waals surface area contributed by atoms with E-state index in [0.717, 1.165) is 13.0 Å². The van der Waals surface area contributed by atoms with E-state index in [4.69, 9.17) is 4.74 Å². The number of hydrogen-bond acceptors (Lipinski definition) is 3. The van der Waals surface area contributed by atoms with Crippen LogP contribution in [-0.4, -0.2) is 48.5 Å². The lowest BCUT2D eigenvalue weighted by atomic mass is 10.2. The summed E-state index contributed by atoms with van der Waals surface area (Å²) in [7, 11) is 0. The lowest BCUT2D eigenvalue weighted by molar-refractivity contribution is 0.0153. The smallest absolute Gasteiger partial charge is 0.0900 e. The van der Waals surface area contributed by atoms with Crippen LogP contribution in [-0.2, 0) is 4.74 Å². The molecule has 1 N–H and O–H groups in total. The van der Waals surface area contributed by atoms with Gasteiger partial charge in [0.25, 0.3) is 0 Å². The summed E-state index contributed by atoms with van der Waals surface area (Å²) in [6.45, 7) is 11.3. The summed E-state index contributed by atoms with van der Waals surface area (Å²) >= 11 is 0. The Hall–Kier alpha value is -0.120. The molecule has 3 nitrogen and oxygen atoms in total. The Morgan fingerprint density at radius 1 is 1.29 bits per heavy atom. The summed E-state index contributed by atoms with van der Waals surface area (Å²) in [5.41, 5.74) is 0. The first-order chi connectivity index (χ1) is 6.61. The van der Waals surface area contributed by atoms with Gasteiger partial charge in [0.15, 0.2) is 0 Å². The summed E-state index contributed by atoms with van der Waals surface area (Å²) in [4.78, 5) is 2.28. The molecule has 1 unspecified atom stereocenters. The van der Waals surface area contributed by atoms with Crippen LogP contribution >= 0.6 is 0 Å². The number of nitrogens with zero attached hydrogens (tertiary/aromatic N) is 1. The molecule has 0 aromatic heterocycles. The highest BCUT2D eigenvalue weighted by Crippen LogP contribution is 2.01. The van der Waals surface area contributed by atoms with Crippen molar-refractivity contribution in [3.63, 3.8) is 0 Å². The van der Waals surface area contributed by atoms with Crippen LogP contribution in [0.15, 0.2) is 0 Å². The standard InChI is InChI=1S/C11H25NO2/c1-5-7-12(10(3)4)8-11(13)9-14-6-2/h10-11,13H,5-9H2,1-4H3. The number of aliphatic hydroxyl groups is 1. The van der Waals surface area contributed by atoms with Crippen molar-refractivity contribution in [2.45, 2.75) is 46.3 Å². The van der Waals surface area contributed by atoms with Gasteiger partial charge in [0.05, 0.1) is 12.7 Å². The van der Waals surface area contributed by atoms with E-state index in [0.29, 0.717) is 25.8 Å². The van der Waals surface area contributed by atoms with Gasteiger partial charge in [0, 0.05) is 19.2 Å². The molecule has 0 aliphatic rings. The van der Waals surface area contributed by atoms with E-state index in [9.17, 15) is 5.11 Å². The predicted molar refractivity (Wildman–Crippen MR) is 59.5 cm³/mol. The van der Waals surface area contributed by atoms with Crippen LogP contribution in [0.4, 0.5) is 0 Å². The van der Waals surface area contributed by atoms with Crippen molar-refractivity contribution in [1.82, 2.24) is 4.90 Å². The molecule has 14 heavy (non-hydrogen) atoms. The molecule has 0 aromatic rings. The molecule has 0 aromatic carbocycles. The molecule has 1 atom stereocenters. The van der Waals surface area contributed by atoms with Gasteiger partial charge in [-0.25, -0.2) is 0 Å². The van der Waals surface area contributed by atoms with Crippen LogP contribution in [0.3, 0.4) is 0 Å². The van der Waals surface area contributed by atoms with Gasteiger partial charge in [0.2, 0.25) is 0 Å². The van der Waals surface area contributed by atoms with Crippen LogP contribution < -0.4 is 0 Å². The number of aliphatic hydroxyl groups excluding tert-OH is 1. The molecule has 86 valence electrons. The van der Waals surface area contributed by atoms with Crippen molar-refractivity contribution in [1.29, 1.82) is 0 Å². The van der Waals surface area contributed by atoms with Crippen molar-refractivity contribution in [2.24, 2.45) is 0 Å². The maximum Gasteiger partial charge on any atom is 0.0900 e. The highest BCUT2D eigenvalue weighted by Gasteiger charge is 2.13. The maximum atomic E-state index is 9.66. The second-order valence-corrected chi connectivity index (χ2v) is 3.90. The molecule has 0 saturated carbocycles. The third-order valence-electron chi connectivity index (χ3n) is 2.20. The normalized spacial score (nSPS) is 13.9. The second-order valence-electron chi connectivity index (χ2n) is 3.90. The van der Waals surface area contributed by atoms with Gasteiger partial charge in [-0.3, -0.25) is 4.90 Å². The van der Waals surface area contributed by atoms with Crippen LogP contribution in [0.5, 0.6) is 0 Å². The average molecular weight is 203 g/mol. The quantitative estimate of drug-likeness (QED) is 0.649. The Balaban J connectivity index is 3.77. The minimum Gasteiger partial charge on any atom is -0.389 e. The molecular formula is C11H25NO2.